The number of nitrogen functional groups attached to an aromatic ring is 1. The van der Waals surface area contributed by atoms with Crippen molar-refractivity contribution in [2.24, 2.45) is 0 Å². The lowest BCUT2D eigenvalue weighted by molar-refractivity contribution is -0.137. The molecule has 11 nitrogen and oxygen atoms in total. The van der Waals surface area contributed by atoms with Gasteiger partial charge in [0.15, 0.2) is 5.82 Å². The van der Waals surface area contributed by atoms with Gasteiger partial charge >= 0.3 is 18.3 Å². The van der Waals surface area contributed by atoms with Gasteiger partial charge in [0.1, 0.15) is 47.6 Å². The summed E-state index contributed by atoms with van der Waals surface area (Å²) >= 11 is 0.671. The van der Waals surface area contributed by atoms with Crippen LogP contribution in [0.3, 0.4) is 0 Å². The minimum atomic E-state index is -5.14. The standard InChI is InChI=1S/C36H37F6N7O4S/c1-3-49(20-7-10-47(17-20)34(50)52-12-11-51-2)32-22-13-24(36(40,41)42)27(21-5-6-25(38)30-26(21)23(15-43)31(44)54-30)28(39)29(22)45-33(46-32)53-18-35-8-4-9-48(35)16-19(37)14-35/h5-6,13,19-20H,3-4,7-12,14,16-18,44H2,1-2H3. The number of hydrogen-bond donors (Lipinski definition) is 1. The Morgan fingerprint density at radius 2 is 2.00 bits per heavy atom. The van der Waals surface area contributed by atoms with Crippen LogP contribution in [0, 0.1) is 23.0 Å². The van der Waals surface area contributed by atoms with Gasteiger partial charge in [0.05, 0.1) is 28.0 Å². The molecule has 3 saturated heterocycles. The first-order valence-electron chi connectivity index (χ1n) is 17.5. The summed E-state index contributed by atoms with van der Waals surface area (Å²) in [4.78, 5) is 26.8. The first-order valence-corrected chi connectivity index (χ1v) is 18.3. The van der Waals surface area contributed by atoms with Crippen molar-refractivity contribution in [3.8, 4) is 23.2 Å². The van der Waals surface area contributed by atoms with Gasteiger partial charge in [0.25, 0.3) is 0 Å². The topological polar surface area (TPSA) is 130 Å². The van der Waals surface area contributed by atoms with Crippen molar-refractivity contribution in [1.29, 1.82) is 5.26 Å². The highest BCUT2D eigenvalue weighted by atomic mass is 32.1. The third-order valence-electron chi connectivity index (χ3n) is 10.6. The molecule has 4 aromatic rings. The van der Waals surface area contributed by atoms with Gasteiger partial charge in [-0.1, -0.05) is 6.07 Å². The number of halogens is 6. The summed E-state index contributed by atoms with van der Waals surface area (Å²) in [5.41, 5.74) is 1.79. The van der Waals surface area contributed by atoms with Crippen molar-refractivity contribution in [2.75, 3.05) is 70.3 Å². The van der Waals surface area contributed by atoms with E-state index >= 15 is 17.6 Å². The summed E-state index contributed by atoms with van der Waals surface area (Å²) in [5.74, 6) is -2.30. The van der Waals surface area contributed by atoms with Crippen molar-refractivity contribution >= 4 is 49.2 Å². The number of methoxy groups -OCH3 is 1. The highest BCUT2D eigenvalue weighted by Gasteiger charge is 2.49. The number of hydrogen-bond acceptors (Lipinski definition) is 11. The summed E-state index contributed by atoms with van der Waals surface area (Å²) in [7, 11) is 1.47. The number of nitrogens with two attached hydrogens (primary N) is 1. The zero-order valence-corrected chi connectivity index (χ0v) is 30.3. The minimum absolute atomic E-state index is 0.0311. The second-order valence-electron chi connectivity index (χ2n) is 13.7. The van der Waals surface area contributed by atoms with Crippen LogP contribution in [0.15, 0.2) is 18.2 Å². The number of carbonyl (C=O) groups excluding carboxylic acids is 1. The van der Waals surface area contributed by atoms with E-state index in [1.165, 1.54) is 12.0 Å². The third-order valence-corrected chi connectivity index (χ3v) is 11.6. The highest BCUT2D eigenvalue weighted by molar-refractivity contribution is 7.23. The van der Waals surface area contributed by atoms with E-state index < -0.39 is 63.9 Å². The number of fused-ring (bicyclic) bond motifs is 3. The number of thiophene rings is 1. The van der Waals surface area contributed by atoms with Gasteiger partial charge in [-0.05, 0) is 50.4 Å². The number of anilines is 2. The Labute approximate surface area is 310 Å². The zero-order valence-electron chi connectivity index (χ0n) is 29.4. The number of carbonyl (C=O) groups is 1. The lowest BCUT2D eigenvalue weighted by atomic mass is 9.92. The number of aromatic nitrogens is 2. The minimum Gasteiger partial charge on any atom is -0.461 e. The Hall–Kier alpha value is -4.60. The van der Waals surface area contributed by atoms with E-state index in [-0.39, 0.29) is 90.3 Å². The van der Waals surface area contributed by atoms with E-state index in [0.717, 1.165) is 24.6 Å². The molecule has 7 rings (SSSR count). The van der Waals surface area contributed by atoms with Gasteiger partial charge in [-0.2, -0.15) is 28.4 Å². The second kappa shape index (κ2) is 14.6. The molecule has 3 fully saturated rings. The fraction of sp³-hybridized carbons (Fsp3) is 0.500. The monoisotopic (exact) mass is 777 g/mol. The summed E-state index contributed by atoms with van der Waals surface area (Å²) in [6.45, 7) is 3.45. The molecule has 0 aliphatic carbocycles. The van der Waals surface area contributed by atoms with Gasteiger partial charge in [-0.15, -0.1) is 11.3 Å². The van der Waals surface area contributed by atoms with Crippen LogP contribution in [0.5, 0.6) is 6.01 Å². The molecule has 3 atom stereocenters. The predicted molar refractivity (Wildman–Crippen MR) is 189 cm³/mol. The van der Waals surface area contributed by atoms with E-state index in [1.807, 2.05) is 11.0 Å². The summed E-state index contributed by atoms with van der Waals surface area (Å²) < 4.78 is 108. The van der Waals surface area contributed by atoms with Gasteiger partial charge < -0.3 is 29.7 Å². The molecular formula is C36H37F6N7O4S. The Morgan fingerprint density at radius 3 is 2.72 bits per heavy atom. The first kappa shape index (κ1) is 37.7. The molecule has 3 aliphatic rings. The highest BCUT2D eigenvalue weighted by Crippen LogP contribution is 2.48. The van der Waals surface area contributed by atoms with Crippen LogP contribution in [-0.2, 0) is 15.7 Å². The van der Waals surface area contributed by atoms with E-state index in [9.17, 15) is 18.8 Å². The van der Waals surface area contributed by atoms with Crippen LogP contribution in [0.1, 0.15) is 43.7 Å². The van der Waals surface area contributed by atoms with Crippen LogP contribution in [0.2, 0.25) is 0 Å². The number of alkyl halides is 4. The number of nitriles is 1. The van der Waals surface area contributed by atoms with Crippen molar-refractivity contribution in [2.45, 2.75) is 56.5 Å². The average molecular weight is 778 g/mol. The molecule has 0 radical (unpaired) electrons. The Balaban J connectivity index is 1.40. The molecule has 0 spiro atoms. The SMILES string of the molecule is CCN(c1nc(OCC23CCCN2CC(F)C3)nc2c(F)c(-c3ccc(F)c4sc(N)c(C#N)c34)c(C(F)(F)F)cc12)C1CCN(C(=O)OCCOC)C1. The molecule has 2 aromatic carbocycles. The van der Waals surface area contributed by atoms with Crippen LogP contribution in [0.25, 0.3) is 32.1 Å². The quantitative estimate of drug-likeness (QED) is 0.134. The van der Waals surface area contributed by atoms with Crippen molar-refractivity contribution in [3.05, 3.63) is 41.0 Å². The predicted octanol–water partition coefficient (Wildman–Crippen LogP) is 6.90. The number of benzene rings is 2. The summed E-state index contributed by atoms with van der Waals surface area (Å²) in [6.07, 6.45) is -4.73. The number of amides is 1. The summed E-state index contributed by atoms with van der Waals surface area (Å²) in [5, 5.41) is 9.20. The van der Waals surface area contributed by atoms with Gasteiger partial charge in [-0.3, -0.25) is 4.90 Å². The molecule has 2 aromatic heterocycles. The molecule has 3 unspecified atom stereocenters. The van der Waals surface area contributed by atoms with Gasteiger partial charge in [0.2, 0.25) is 0 Å². The van der Waals surface area contributed by atoms with E-state index in [1.54, 1.807) is 11.8 Å². The average Bonchev–Trinajstić information content (AvgIpc) is 3.91. The fourth-order valence-electron chi connectivity index (χ4n) is 8.16. The molecule has 54 heavy (non-hydrogen) atoms. The maximum Gasteiger partial charge on any atom is 0.417 e. The maximum absolute atomic E-state index is 17.2. The van der Waals surface area contributed by atoms with E-state index in [0.29, 0.717) is 30.7 Å². The number of ether oxygens (including phenoxy) is 3. The summed E-state index contributed by atoms with van der Waals surface area (Å²) in [6, 6.07) is 3.66. The van der Waals surface area contributed by atoms with Crippen molar-refractivity contribution in [3.63, 3.8) is 0 Å². The van der Waals surface area contributed by atoms with Crippen LogP contribution >= 0.6 is 11.3 Å². The van der Waals surface area contributed by atoms with Crippen LogP contribution < -0.4 is 15.4 Å². The molecule has 1 amide bonds. The molecule has 3 aliphatic heterocycles. The Bertz CT molecular complexity index is 2140. The van der Waals surface area contributed by atoms with Crippen molar-refractivity contribution in [1.82, 2.24) is 19.8 Å². The smallest absolute Gasteiger partial charge is 0.417 e. The number of nitrogens with zero attached hydrogens (tertiary/aromatic N) is 6. The van der Waals surface area contributed by atoms with Gasteiger partial charge in [0, 0.05) is 62.1 Å². The van der Waals surface area contributed by atoms with E-state index in [4.69, 9.17) is 19.9 Å². The lowest BCUT2D eigenvalue weighted by Gasteiger charge is -2.32. The molecule has 2 N–H and O–H groups in total. The third kappa shape index (κ3) is 6.59. The normalized spacial score (nSPS) is 21.6. The zero-order chi connectivity index (χ0) is 38.5. The molecule has 0 bridgehead atoms. The maximum atomic E-state index is 17.2. The Kier molecular flexibility index (Phi) is 10.2. The fourth-order valence-corrected chi connectivity index (χ4v) is 9.11. The van der Waals surface area contributed by atoms with Crippen LogP contribution in [0.4, 0.5) is 42.0 Å². The lowest BCUT2D eigenvalue weighted by Crippen LogP contribution is -2.43. The molecule has 0 saturated carbocycles. The molecular weight excluding hydrogens is 740 g/mol. The first-order chi connectivity index (χ1) is 25.8. The molecule has 288 valence electrons. The largest absolute Gasteiger partial charge is 0.461 e. The van der Waals surface area contributed by atoms with E-state index in [2.05, 4.69) is 9.97 Å². The van der Waals surface area contributed by atoms with Crippen molar-refractivity contribution < 1.29 is 45.3 Å². The molecule has 18 heteroatoms. The van der Waals surface area contributed by atoms with Crippen LogP contribution in [-0.4, -0.2) is 103 Å². The Morgan fingerprint density at radius 1 is 1.20 bits per heavy atom. The second-order valence-corrected chi connectivity index (χ2v) is 14.8. The molecule has 5 heterocycles. The van der Waals surface area contributed by atoms with Gasteiger partial charge in [-0.25, -0.2) is 18.0 Å². The number of rotatable bonds is 10. The number of likely N-dealkylation sites (N-methyl/N-ethyl adjacent to an activating group) is 1. The number of likely N-dealkylation sites (tertiary alicyclic amines) is 1.